The first-order valence-electron chi connectivity index (χ1n) is 19.8. The van der Waals surface area contributed by atoms with Gasteiger partial charge in [-0.05, 0) is 71.2 Å². The van der Waals surface area contributed by atoms with Crippen LogP contribution in [0.15, 0.2) is 60.7 Å². The summed E-state index contributed by atoms with van der Waals surface area (Å²) in [6.07, 6.45) is -3.22. The Balaban J connectivity index is 2.27. The molecule has 0 aliphatic carbocycles. The zero-order chi connectivity index (χ0) is 48.7. The number of hydrogen-bond acceptors (Lipinski definition) is 12. The topological polar surface area (TPSA) is 214 Å². The lowest BCUT2D eigenvalue weighted by Crippen LogP contribution is -2.51. The third-order valence-electron chi connectivity index (χ3n) is 11.1. The van der Waals surface area contributed by atoms with Crippen LogP contribution in [0.3, 0.4) is 0 Å². The Labute approximate surface area is 389 Å². The minimum absolute atomic E-state index is 0.0829. The molecule has 4 atom stereocenters. The van der Waals surface area contributed by atoms with Crippen molar-refractivity contribution in [3.8, 4) is 17.2 Å². The lowest BCUT2D eigenvalue weighted by molar-refractivity contribution is -0.387. The Morgan fingerprint density at radius 1 is 0.766 bits per heavy atom. The van der Waals surface area contributed by atoms with Gasteiger partial charge in [-0.25, -0.2) is 9.59 Å². The van der Waals surface area contributed by atoms with Gasteiger partial charge in [-0.1, -0.05) is 113 Å². The first-order valence-corrected chi connectivity index (χ1v) is 26.7. The number of aliphatic hydroxyl groups is 1. The van der Waals surface area contributed by atoms with Gasteiger partial charge in [-0.2, -0.15) is 4.39 Å². The van der Waals surface area contributed by atoms with Crippen molar-refractivity contribution >= 4 is 81.0 Å². The predicted molar refractivity (Wildman–Crippen MR) is 245 cm³/mol. The second-order valence-electron chi connectivity index (χ2n) is 17.8. The Hall–Kier alpha value is -4.67. The van der Waals surface area contributed by atoms with Crippen molar-refractivity contribution in [2.75, 3.05) is 20.8 Å². The summed E-state index contributed by atoms with van der Waals surface area (Å²) in [5.74, 6) is -3.87. The number of nitro benzene ring substituents is 1. The molecule has 64 heavy (non-hydrogen) atoms. The number of ether oxygens (including phenoxy) is 3. The van der Waals surface area contributed by atoms with Gasteiger partial charge in [0.15, 0.2) is 17.5 Å². The number of rotatable bonds is 17. The molecule has 0 saturated heterocycles. The van der Waals surface area contributed by atoms with Crippen LogP contribution in [-0.2, 0) is 23.9 Å². The van der Waals surface area contributed by atoms with E-state index in [9.17, 15) is 38.8 Å². The van der Waals surface area contributed by atoms with E-state index in [0.717, 1.165) is 19.2 Å². The molecule has 3 rings (SSSR count). The quantitative estimate of drug-likeness (QED) is 0.0328. The molecule has 3 aromatic carbocycles. The van der Waals surface area contributed by atoms with E-state index in [1.807, 2.05) is 67.7 Å². The molecular weight excluding hydrogens is 934 g/mol. The van der Waals surface area contributed by atoms with E-state index in [1.54, 1.807) is 18.2 Å². The number of hydrogen-bond donors (Lipinski definition) is 4. The van der Waals surface area contributed by atoms with Crippen LogP contribution in [0.1, 0.15) is 76.4 Å². The maximum absolute atomic E-state index is 14.8. The number of alkyl halides is 3. The highest BCUT2D eigenvalue weighted by Gasteiger charge is 2.43. The maximum Gasteiger partial charge on any atom is 0.408 e. The molecule has 0 aromatic heterocycles. The monoisotopic (exact) mass is 988 g/mol. The highest BCUT2D eigenvalue weighted by molar-refractivity contribution is 6.75. The maximum atomic E-state index is 14.8. The van der Waals surface area contributed by atoms with E-state index in [1.165, 1.54) is 31.4 Å². The summed E-state index contributed by atoms with van der Waals surface area (Å²) in [6.45, 7) is 19.5. The van der Waals surface area contributed by atoms with E-state index in [4.69, 9.17) is 57.9 Å². The highest BCUT2D eigenvalue weighted by atomic mass is 35.6. The van der Waals surface area contributed by atoms with Gasteiger partial charge in [0.25, 0.3) is 16.6 Å². The molecule has 352 valence electrons. The first kappa shape index (κ1) is 53.7. The van der Waals surface area contributed by atoms with Crippen molar-refractivity contribution in [1.29, 1.82) is 0 Å². The van der Waals surface area contributed by atoms with Crippen molar-refractivity contribution in [2.45, 2.75) is 106 Å². The molecule has 0 bridgehead atoms. The molecule has 3 amide bonds. The van der Waals surface area contributed by atoms with Gasteiger partial charge in [0.1, 0.15) is 24.8 Å². The zero-order valence-corrected chi connectivity index (χ0v) is 42.0. The number of carbonyl (C=O) groups excluding carboxylic acids is 4. The molecule has 3 aromatic rings. The second-order valence-corrected chi connectivity index (χ2v) is 29.8. The number of carbonyl (C=O) groups is 4. The average Bonchev–Trinajstić information content (AvgIpc) is 3.18. The van der Waals surface area contributed by atoms with Crippen LogP contribution in [0.4, 0.5) is 14.9 Å². The molecule has 0 aliphatic heterocycles. The largest absolute Gasteiger partial charge is 0.541 e. The van der Waals surface area contributed by atoms with Gasteiger partial charge in [-0.3, -0.25) is 19.7 Å². The number of nitrogens with one attached hydrogen (secondary N) is 3. The van der Waals surface area contributed by atoms with Gasteiger partial charge in [0, 0.05) is 6.07 Å². The Morgan fingerprint density at radius 3 is 1.72 bits per heavy atom. The lowest BCUT2D eigenvalue weighted by Gasteiger charge is -2.39. The second kappa shape index (κ2) is 21.1. The molecule has 0 radical (unpaired) electrons. The number of methoxy groups -OCH3 is 2. The fourth-order valence-corrected chi connectivity index (χ4v) is 7.61. The van der Waals surface area contributed by atoms with Crippen molar-refractivity contribution in [3.05, 3.63) is 93.3 Å². The number of benzene rings is 3. The van der Waals surface area contributed by atoms with Gasteiger partial charge >= 0.3 is 17.7 Å². The number of alkyl carbamates (subject to hydrolysis) is 1. The minimum atomic E-state index is -2.67. The molecule has 0 unspecified atom stereocenters. The Bertz CT molecular complexity index is 2140. The lowest BCUT2D eigenvalue weighted by atomic mass is 9.99. The van der Waals surface area contributed by atoms with E-state index in [-0.39, 0.29) is 44.0 Å². The molecule has 0 spiro atoms. The fourth-order valence-electron chi connectivity index (χ4n) is 5.43. The highest BCUT2D eigenvalue weighted by Crippen LogP contribution is 2.48. The van der Waals surface area contributed by atoms with Gasteiger partial charge in [0.2, 0.25) is 27.2 Å². The number of esters is 1. The molecule has 0 heterocycles. The van der Waals surface area contributed by atoms with Crippen LogP contribution in [0.2, 0.25) is 36.3 Å². The molecule has 4 N–H and O–H groups in total. The van der Waals surface area contributed by atoms with Crippen molar-refractivity contribution < 1.29 is 56.7 Å². The summed E-state index contributed by atoms with van der Waals surface area (Å²) in [6, 6.07) is 7.83. The number of aliphatic hydroxyl groups excluding tert-OH is 1. The summed E-state index contributed by atoms with van der Waals surface area (Å²) in [4.78, 5) is 66.2. The van der Waals surface area contributed by atoms with Gasteiger partial charge in [-0.15, -0.1) is 0 Å². The van der Waals surface area contributed by atoms with Crippen molar-refractivity contribution in [2.24, 2.45) is 0 Å². The van der Waals surface area contributed by atoms with E-state index >= 15 is 0 Å². The van der Waals surface area contributed by atoms with Crippen LogP contribution in [0.5, 0.6) is 17.2 Å². The number of amides is 3. The van der Waals surface area contributed by atoms with Crippen LogP contribution < -0.4 is 29.5 Å². The van der Waals surface area contributed by atoms with E-state index in [0.29, 0.717) is 6.07 Å². The van der Waals surface area contributed by atoms with Crippen LogP contribution in [-0.4, -0.2) is 81.2 Å². The van der Waals surface area contributed by atoms with Crippen molar-refractivity contribution in [1.82, 2.24) is 16.0 Å². The molecule has 0 saturated carbocycles. The normalized spacial score (nSPS) is 14.2. The molecule has 0 aliphatic rings. The Morgan fingerprint density at radius 2 is 1.27 bits per heavy atom. The zero-order valence-electron chi connectivity index (χ0n) is 37.7. The summed E-state index contributed by atoms with van der Waals surface area (Å²) >= 11 is 17.6. The van der Waals surface area contributed by atoms with Crippen LogP contribution in [0, 0.1) is 15.9 Å². The number of nitro groups is 1. The number of halogens is 4. The summed E-state index contributed by atoms with van der Waals surface area (Å²) in [7, 11) is -2.92. The average molecular weight is 990 g/mol. The summed E-state index contributed by atoms with van der Waals surface area (Å²) in [5, 5.41) is 29.6. The number of nitrogens with zero attached hydrogens (tertiary/aromatic N) is 1. The molecule has 16 nitrogen and oxygen atoms in total. The Kier molecular flexibility index (Phi) is 17.7. The molecular formula is C42H56Cl3FN4O12Si2. The van der Waals surface area contributed by atoms with Gasteiger partial charge in [0.05, 0.1) is 19.1 Å². The molecule has 0 fully saturated rings. The third kappa shape index (κ3) is 13.9. The molecule has 22 heteroatoms. The van der Waals surface area contributed by atoms with E-state index in [2.05, 4.69) is 16.0 Å². The minimum Gasteiger partial charge on any atom is -0.541 e. The third-order valence-corrected chi connectivity index (χ3v) is 20.1. The SMILES string of the molecule is COC(=O)[C@@H](NC(=O)[C@H](NC(=O)[C@H](NC(=O)OCC(Cl)(Cl)Cl)c1cc(O[Si](C)(C)C(C)(C)C)c(OC)c(O[Si](C)(C)C(C)(C)C)c1)c1ccccc1)[C@H](O)c1ccc(F)c([N+](=O)[O-])c1. The predicted octanol–water partition coefficient (Wildman–Crippen LogP) is 8.90. The summed E-state index contributed by atoms with van der Waals surface area (Å²) < 4.78 is 41.7. The van der Waals surface area contributed by atoms with Crippen LogP contribution in [0.25, 0.3) is 0 Å². The van der Waals surface area contributed by atoms with Crippen molar-refractivity contribution in [3.63, 3.8) is 0 Å². The first-order chi connectivity index (χ1) is 29.3. The summed E-state index contributed by atoms with van der Waals surface area (Å²) in [5.41, 5.74) is -1.06. The fraction of sp³-hybridized carbons (Fsp3) is 0.476. The smallest absolute Gasteiger partial charge is 0.408 e. The van der Waals surface area contributed by atoms with E-state index < -0.39 is 91.6 Å². The standard InChI is InChI=1S/C42H56Cl3FN4O12Si2/c1-40(2,3)63(9,10)61-29-21-26(22-30(35(29)58-7)62-64(11,12)41(4,5)6)32(49-39(55)60-23-42(43,44)45)37(53)47-31(24-16-14-13-15-17-24)36(52)48-33(38(54)59-8)34(51)25-18-19-27(46)28(20-25)50(56)57/h13-22,31-34,51H,23H2,1-12H3,(H,47,53)(H,48,52)(H,49,55)/t31-,32-,33+,34-/m1/s1. The van der Waals surface area contributed by atoms with Gasteiger partial charge < -0.3 is 44.1 Å². The van der Waals surface area contributed by atoms with Crippen LogP contribution >= 0.6 is 34.8 Å².